The Kier molecular flexibility index (Phi) is 4.07. The summed E-state index contributed by atoms with van der Waals surface area (Å²) in [6.07, 6.45) is 1.97. The van der Waals surface area contributed by atoms with Crippen molar-refractivity contribution in [3.05, 3.63) is 0 Å². The van der Waals surface area contributed by atoms with Crippen LogP contribution in [0.4, 0.5) is 0 Å². The second-order valence-electron chi connectivity index (χ2n) is 8.92. The molecule has 0 spiro atoms. The smallest absolute Gasteiger partial charge is 0.265 e. The number of carbonyl (C=O) groups is 1. The van der Waals surface area contributed by atoms with Gasteiger partial charge >= 0.3 is 0 Å². The fraction of sp³-hybridized carbons (Fsp3) is 0.938. The van der Waals surface area contributed by atoms with Gasteiger partial charge < -0.3 is 0 Å². The third-order valence-electron chi connectivity index (χ3n) is 6.97. The van der Waals surface area contributed by atoms with E-state index in [9.17, 15) is 13.2 Å². The minimum atomic E-state index is -4.08. The lowest BCUT2D eigenvalue weighted by Crippen LogP contribution is -2.71. The second-order valence-corrected chi connectivity index (χ2v) is 10.4. The maximum atomic E-state index is 11.9. The van der Waals surface area contributed by atoms with E-state index in [-0.39, 0.29) is 17.1 Å². The van der Waals surface area contributed by atoms with Crippen molar-refractivity contribution in [2.45, 2.75) is 33.1 Å². The molecule has 0 amide bonds. The molecule has 2 atom stereocenters. The Morgan fingerprint density at radius 3 is 1.72 bits per heavy atom. The van der Waals surface area contributed by atoms with E-state index >= 15 is 0 Å². The normalized spacial score (nSPS) is 46.2. The molecular formula is C16H28N4O4S. The average molecular weight is 372 g/mol. The van der Waals surface area contributed by atoms with Crippen molar-refractivity contribution in [3.8, 4) is 0 Å². The monoisotopic (exact) mass is 372 g/mol. The molecule has 1 unspecified atom stereocenters. The number of hydrogen-bond donors (Lipinski definition) is 1. The molecule has 6 aliphatic rings. The van der Waals surface area contributed by atoms with Gasteiger partial charge in [0.05, 0.1) is 51.2 Å². The van der Waals surface area contributed by atoms with Crippen LogP contribution in [0.2, 0.25) is 0 Å². The Hall–Kier alpha value is -0.580. The molecule has 4 aliphatic heterocycles. The van der Waals surface area contributed by atoms with Gasteiger partial charge in [0.25, 0.3) is 10.1 Å². The Labute approximate surface area is 149 Å². The SMILES string of the molecule is C1N2CN3CN1CN(C2)C3.CC1(C)C2CC[C@@]1(CS(=O)(=O)O)C(=O)C2. The predicted molar refractivity (Wildman–Crippen MR) is 91.5 cm³/mol. The summed E-state index contributed by atoms with van der Waals surface area (Å²) in [5.74, 6) is -0.101. The molecule has 0 aromatic heterocycles. The quantitative estimate of drug-likeness (QED) is 0.691. The first-order chi connectivity index (χ1) is 11.6. The summed E-state index contributed by atoms with van der Waals surface area (Å²) < 4.78 is 31.0. The Morgan fingerprint density at radius 1 is 1.00 bits per heavy atom. The number of rotatable bonds is 2. The van der Waals surface area contributed by atoms with Crippen molar-refractivity contribution in [1.82, 2.24) is 19.6 Å². The van der Waals surface area contributed by atoms with Crippen LogP contribution in [0, 0.1) is 16.7 Å². The molecule has 4 saturated heterocycles. The van der Waals surface area contributed by atoms with Crippen molar-refractivity contribution >= 4 is 15.9 Å². The van der Waals surface area contributed by atoms with Crippen LogP contribution in [0.5, 0.6) is 0 Å². The lowest BCUT2D eigenvalue weighted by molar-refractivity contribution is -0.194. The van der Waals surface area contributed by atoms with Gasteiger partial charge in [0.2, 0.25) is 0 Å². The highest BCUT2D eigenvalue weighted by atomic mass is 32.2. The number of Topliss-reactive ketones (excluding diaryl/α,β-unsaturated/α-hetero) is 1. The highest BCUT2D eigenvalue weighted by Gasteiger charge is 2.65. The van der Waals surface area contributed by atoms with Crippen LogP contribution < -0.4 is 0 Å². The zero-order valence-electron chi connectivity index (χ0n) is 15.0. The first-order valence-electron chi connectivity index (χ1n) is 8.97. The molecule has 6 fully saturated rings. The molecule has 6 bridgehead atoms. The van der Waals surface area contributed by atoms with Crippen LogP contribution in [0.25, 0.3) is 0 Å². The third kappa shape index (κ3) is 2.94. The van der Waals surface area contributed by atoms with Crippen LogP contribution >= 0.6 is 0 Å². The van der Waals surface area contributed by atoms with E-state index in [1.54, 1.807) is 0 Å². The number of fused-ring (bicyclic) bond motifs is 2. The molecule has 0 aromatic carbocycles. The molecule has 0 radical (unpaired) electrons. The fourth-order valence-electron chi connectivity index (χ4n) is 5.65. The van der Waals surface area contributed by atoms with Crippen LogP contribution in [-0.4, -0.2) is 84.1 Å². The second kappa shape index (κ2) is 5.71. The van der Waals surface area contributed by atoms with Gasteiger partial charge in [-0.25, -0.2) is 0 Å². The molecular weight excluding hydrogens is 344 g/mol. The number of hydrogen-bond acceptors (Lipinski definition) is 7. The van der Waals surface area contributed by atoms with Gasteiger partial charge in [0.1, 0.15) is 5.78 Å². The van der Waals surface area contributed by atoms with Crippen molar-refractivity contribution in [2.24, 2.45) is 16.7 Å². The molecule has 1 N–H and O–H groups in total. The van der Waals surface area contributed by atoms with Crippen LogP contribution in [0.15, 0.2) is 0 Å². The molecule has 2 saturated carbocycles. The van der Waals surface area contributed by atoms with Gasteiger partial charge in [0, 0.05) is 6.42 Å². The summed E-state index contributed by atoms with van der Waals surface area (Å²) >= 11 is 0. The minimum Gasteiger partial charge on any atom is -0.299 e. The number of carbonyl (C=O) groups excluding carboxylic acids is 1. The Balaban J connectivity index is 0.000000134. The van der Waals surface area contributed by atoms with Gasteiger partial charge in [-0.15, -0.1) is 0 Å². The lowest BCUT2D eigenvalue weighted by Gasteiger charge is -2.56. The average Bonchev–Trinajstić information content (AvgIpc) is 2.79. The van der Waals surface area contributed by atoms with Crippen LogP contribution in [0.1, 0.15) is 33.1 Å². The van der Waals surface area contributed by atoms with Crippen molar-refractivity contribution in [3.63, 3.8) is 0 Å². The van der Waals surface area contributed by atoms with Crippen molar-refractivity contribution in [2.75, 3.05) is 45.8 Å². The highest BCUT2D eigenvalue weighted by molar-refractivity contribution is 7.85. The molecule has 9 heteroatoms. The van der Waals surface area contributed by atoms with Gasteiger partial charge in [-0.2, -0.15) is 8.42 Å². The van der Waals surface area contributed by atoms with E-state index in [0.29, 0.717) is 12.8 Å². The standard InChI is InChI=1S/C10H16O4S.C6H12N4/c1-9(2)7-3-4-10(9,8(11)5-7)6-15(12,13)14;1-7-2-9-4-8(1)5-10(3-7)6-9/h7H,3-6H2,1-2H3,(H,12,13,14);1-6H2/t7?,10-;/m1./s1. The van der Waals surface area contributed by atoms with E-state index in [2.05, 4.69) is 19.6 Å². The summed E-state index contributed by atoms with van der Waals surface area (Å²) in [5, 5.41) is 0. The lowest BCUT2D eigenvalue weighted by atomic mass is 9.70. The van der Waals surface area contributed by atoms with Gasteiger partial charge in [-0.05, 0) is 24.2 Å². The summed E-state index contributed by atoms with van der Waals surface area (Å²) in [4.78, 5) is 21.8. The number of ketones is 1. The number of nitrogens with zero attached hydrogens (tertiary/aromatic N) is 4. The van der Waals surface area contributed by atoms with Gasteiger partial charge in [0.15, 0.2) is 0 Å². The van der Waals surface area contributed by atoms with Gasteiger partial charge in [-0.1, -0.05) is 13.8 Å². The van der Waals surface area contributed by atoms with Crippen molar-refractivity contribution < 1.29 is 17.8 Å². The summed E-state index contributed by atoms with van der Waals surface area (Å²) in [5.41, 5.74) is -1.12. The van der Waals surface area contributed by atoms with E-state index in [4.69, 9.17) is 4.55 Å². The topological polar surface area (TPSA) is 84.4 Å². The zero-order valence-corrected chi connectivity index (χ0v) is 15.8. The maximum absolute atomic E-state index is 11.9. The Morgan fingerprint density at radius 2 is 1.44 bits per heavy atom. The zero-order chi connectivity index (χ0) is 18.0. The molecule has 25 heavy (non-hydrogen) atoms. The van der Waals surface area contributed by atoms with Gasteiger partial charge in [-0.3, -0.25) is 28.9 Å². The van der Waals surface area contributed by atoms with E-state index in [1.807, 2.05) is 13.8 Å². The third-order valence-corrected chi connectivity index (χ3v) is 7.83. The first kappa shape index (κ1) is 17.8. The molecule has 8 nitrogen and oxygen atoms in total. The first-order valence-corrected chi connectivity index (χ1v) is 10.6. The molecule has 2 aliphatic carbocycles. The Bertz CT molecular complexity index is 623. The summed E-state index contributed by atoms with van der Waals surface area (Å²) in [6.45, 7) is 11.0. The van der Waals surface area contributed by atoms with E-state index in [1.165, 1.54) is 40.0 Å². The van der Waals surface area contributed by atoms with Crippen LogP contribution in [-0.2, 0) is 14.9 Å². The predicted octanol–water partition coefficient (Wildman–Crippen LogP) is 0.250. The highest BCUT2D eigenvalue weighted by Crippen LogP contribution is 2.64. The maximum Gasteiger partial charge on any atom is 0.265 e. The summed E-state index contributed by atoms with van der Waals surface area (Å²) in [7, 11) is -4.08. The minimum absolute atomic E-state index is 0.0152. The largest absolute Gasteiger partial charge is 0.299 e. The van der Waals surface area contributed by atoms with E-state index < -0.39 is 21.3 Å². The van der Waals surface area contributed by atoms with Crippen molar-refractivity contribution in [1.29, 1.82) is 0 Å². The van der Waals surface area contributed by atoms with Crippen LogP contribution in [0.3, 0.4) is 0 Å². The summed E-state index contributed by atoms with van der Waals surface area (Å²) in [6, 6.07) is 0. The fourth-order valence-corrected chi connectivity index (χ4v) is 6.95. The molecule has 4 heterocycles. The molecule has 142 valence electrons. The molecule has 0 aromatic rings. The van der Waals surface area contributed by atoms with E-state index in [0.717, 1.165) is 6.42 Å². The molecule has 6 rings (SSSR count).